The zero-order valence-corrected chi connectivity index (χ0v) is 15.8. The Morgan fingerprint density at radius 1 is 1.42 bits per heavy atom. The second-order valence-electron chi connectivity index (χ2n) is 6.62. The summed E-state index contributed by atoms with van der Waals surface area (Å²) >= 11 is 1.39. The summed E-state index contributed by atoms with van der Waals surface area (Å²) in [6.45, 7) is 6.17. The Bertz CT molecular complexity index is 816. The molecule has 2 aromatic rings. The third kappa shape index (κ3) is 3.80. The first kappa shape index (κ1) is 18.2. The van der Waals surface area contributed by atoms with Gasteiger partial charge in [0.15, 0.2) is 5.13 Å². The quantitative estimate of drug-likeness (QED) is 0.784. The molecule has 1 aliphatic rings. The summed E-state index contributed by atoms with van der Waals surface area (Å²) in [5, 5.41) is 3.29. The number of anilines is 2. The molecule has 3 rings (SSSR count). The number of hydrogen-bond acceptors (Lipinski definition) is 6. The Kier molecular flexibility index (Phi) is 5.13. The maximum Gasteiger partial charge on any atom is 0.410 e. The summed E-state index contributed by atoms with van der Waals surface area (Å²) in [6.07, 6.45) is -0.447. The monoisotopic (exact) mass is 374 g/mol. The molecule has 0 unspecified atom stereocenters. The Morgan fingerprint density at radius 2 is 2.12 bits per heavy atom. The zero-order valence-electron chi connectivity index (χ0n) is 15.0. The lowest BCUT2D eigenvalue weighted by atomic mass is 10.0. The maximum absolute atomic E-state index is 12.4. The number of amides is 2. The van der Waals surface area contributed by atoms with Crippen molar-refractivity contribution in [2.45, 2.75) is 26.8 Å². The minimum atomic E-state index is -0.447. The van der Waals surface area contributed by atoms with Gasteiger partial charge in [0.25, 0.3) is 0 Å². The van der Waals surface area contributed by atoms with Crippen LogP contribution in [0.5, 0.6) is 0 Å². The smallest absolute Gasteiger partial charge is 0.410 e. The van der Waals surface area contributed by atoms with Crippen molar-refractivity contribution < 1.29 is 14.3 Å². The molecule has 0 saturated carbocycles. The number of cyclic esters (lactones) is 1. The molecule has 1 fully saturated rings. The van der Waals surface area contributed by atoms with E-state index in [2.05, 4.69) is 10.3 Å². The lowest BCUT2D eigenvalue weighted by Crippen LogP contribution is -2.42. The van der Waals surface area contributed by atoms with Gasteiger partial charge < -0.3 is 15.8 Å². The second kappa shape index (κ2) is 7.33. The topological polar surface area (TPSA) is 97.5 Å². The van der Waals surface area contributed by atoms with Crippen LogP contribution in [0.15, 0.2) is 24.3 Å². The van der Waals surface area contributed by atoms with Crippen LogP contribution in [0.3, 0.4) is 0 Å². The van der Waals surface area contributed by atoms with Gasteiger partial charge in [-0.3, -0.25) is 9.69 Å². The van der Waals surface area contributed by atoms with Gasteiger partial charge in [-0.05, 0) is 30.5 Å². The van der Waals surface area contributed by atoms with Crippen LogP contribution in [0.4, 0.5) is 15.6 Å². The molecular weight excluding hydrogens is 352 g/mol. The van der Waals surface area contributed by atoms with Crippen LogP contribution in [0.2, 0.25) is 0 Å². The number of ether oxygens (including phenoxy) is 1. The standard InChI is InChI=1S/C18H22N4O3S/c1-10(2)14-9-25-18(24)22(14)8-15(23)21-17-20-11(3)16(26-17)12-4-6-13(19)7-5-12/h4-7,10,14H,8-9,19H2,1-3H3,(H,20,21,23)/t14-/m0/s1. The number of carbonyl (C=O) groups excluding carboxylic acids is 2. The van der Waals surface area contributed by atoms with Crippen LogP contribution >= 0.6 is 11.3 Å². The number of nitrogens with one attached hydrogen (secondary N) is 1. The van der Waals surface area contributed by atoms with E-state index < -0.39 is 6.09 Å². The molecule has 1 aliphatic heterocycles. The molecular formula is C18H22N4O3S. The highest BCUT2D eigenvalue weighted by atomic mass is 32.1. The lowest BCUT2D eigenvalue weighted by Gasteiger charge is -2.23. The first-order chi connectivity index (χ1) is 12.3. The molecule has 2 heterocycles. The molecule has 0 radical (unpaired) electrons. The van der Waals surface area contributed by atoms with Crippen LogP contribution in [-0.2, 0) is 9.53 Å². The van der Waals surface area contributed by atoms with Gasteiger partial charge in [0.2, 0.25) is 5.91 Å². The van der Waals surface area contributed by atoms with E-state index in [0.717, 1.165) is 16.1 Å². The van der Waals surface area contributed by atoms with Gasteiger partial charge in [0.05, 0.1) is 16.6 Å². The maximum atomic E-state index is 12.4. The Hall–Kier alpha value is -2.61. The van der Waals surface area contributed by atoms with E-state index in [0.29, 0.717) is 17.4 Å². The van der Waals surface area contributed by atoms with E-state index in [1.54, 1.807) is 0 Å². The van der Waals surface area contributed by atoms with Crippen molar-refractivity contribution in [3.63, 3.8) is 0 Å². The molecule has 1 aromatic carbocycles. The van der Waals surface area contributed by atoms with E-state index in [9.17, 15) is 9.59 Å². The fourth-order valence-electron chi connectivity index (χ4n) is 2.86. The summed E-state index contributed by atoms with van der Waals surface area (Å²) in [4.78, 5) is 31.1. The van der Waals surface area contributed by atoms with Gasteiger partial charge in [-0.25, -0.2) is 9.78 Å². The van der Waals surface area contributed by atoms with Gasteiger partial charge in [-0.1, -0.05) is 37.3 Å². The molecule has 0 spiro atoms. The predicted molar refractivity (Wildman–Crippen MR) is 102 cm³/mol. The summed E-state index contributed by atoms with van der Waals surface area (Å²) < 4.78 is 5.06. The fourth-order valence-corrected chi connectivity index (χ4v) is 3.85. The molecule has 0 aliphatic carbocycles. The van der Waals surface area contributed by atoms with Crippen molar-refractivity contribution in [2.24, 2.45) is 5.92 Å². The molecule has 8 heteroatoms. The average Bonchev–Trinajstić information content (AvgIpc) is 3.11. The van der Waals surface area contributed by atoms with Gasteiger partial charge in [0.1, 0.15) is 13.2 Å². The van der Waals surface area contributed by atoms with E-state index in [-0.39, 0.29) is 24.4 Å². The third-order valence-electron chi connectivity index (χ3n) is 4.31. The lowest BCUT2D eigenvalue weighted by molar-refractivity contribution is -0.117. The SMILES string of the molecule is Cc1nc(NC(=O)CN2C(=O)OC[C@H]2C(C)C)sc1-c1ccc(N)cc1. The molecule has 2 amide bonds. The molecule has 0 bridgehead atoms. The number of thiazole rings is 1. The fraction of sp³-hybridized carbons (Fsp3) is 0.389. The summed E-state index contributed by atoms with van der Waals surface area (Å²) in [5.41, 5.74) is 8.25. The molecule has 1 saturated heterocycles. The van der Waals surface area contributed by atoms with E-state index in [1.807, 2.05) is 45.0 Å². The Labute approximate surface area is 156 Å². The summed E-state index contributed by atoms with van der Waals surface area (Å²) in [7, 11) is 0. The molecule has 26 heavy (non-hydrogen) atoms. The van der Waals surface area contributed by atoms with Gasteiger partial charge >= 0.3 is 6.09 Å². The van der Waals surface area contributed by atoms with Crippen molar-refractivity contribution in [3.8, 4) is 10.4 Å². The molecule has 1 aromatic heterocycles. The first-order valence-corrected chi connectivity index (χ1v) is 9.23. The van der Waals surface area contributed by atoms with Crippen LogP contribution in [0, 0.1) is 12.8 Å². The number of nitrogens with zero attached hydrogens (tertiary/aromatic N) is 2. The number of carbonyl (C=O) groups is 2. The highest BCUT2D eigenvalue weighted by Crippen LogP contribution is 2.33. The Morgan fingerprint density at radius 3 is 2.77 bits per heavy atom. The van der Waals surface area contributed by atoms with Crippen molar-refractivity contribution in [3.05, 3.63) is 30.0 Å². The van der Waals surface area contributed by atoms with Crippen LogP contribution in [0.25, 0.3) is 10.4 Å². The highest BCUT2D eigenvalue weighted by molar-refractivity contribution is 7.19. The van der Waals surface area contributed by atoms with Crippen LogP contribution in [-0.4, -0.2) is 41.1 Å². The largest absolute Gasteiger partial charge is 0.447 e. The average molecular weight is 374 g/mol. The van der Waals surface area contributed by atoms with E-state index in [1.165, 1.54) is 16.2 Å². The normalized spacial score (nSPS) is 16.8. The summed E-state index contributed by atoms with van der Waals surface area (Å²) in [6, 6.07) is 7.43. The second-order valence-corrected chi connectivity index (χ2v) is 7.62. The number of rotatable bonds is 5. The molecule has 7 nitrogen and oxygen atoms in total. The van der Waals surface area contributed by atoms with Crippen LogP contribution < -0.4 is 11.1 Å². The predicted octanol–water partition coefficient (Wildman–Crippen LogP) is 3.12. The number of nitrogens with two attached hydrogens (primary N) is 1. The third-order valence-corrected chi connectivity index (χ3v) is 5.43. The van der Waals surface area contributed by atoms with Crippen LogP contribution in [0.1, 0.15) is 19.5 Å². The van der Waals surface area contributed by atoms with Crippen molar-refractivity contribution in [1.29, 1.82) is 0 Å². The number of nitrogen functional groups attached to an aromatic ring is 1. The van der Waals surface area contributed by atoms with Crippen molar-refractivity contribution >= 4 is 34.2 Å². The number of aromatic nitrogens is 1. The molecule has 1 atom stereocenters. The number of aryl methyl sites for hydroxylation is 1. The minimum absolute atomic E-state index is 0.0441. The zero-order chi connectivity index (χ0) is 18.8. The number of benzene rings is 1. The first-order valence-electron chi connectivity index (χ1n) is 8.41. The van der Waals surface area contributed by atoms with Gasteiger partial charge in [0, 0.05) is 5.69 Å². The van der Waals surface area contributed by atoms with E-state index in [4.69, 9.17) is 10.5 Å². The molecule has 138 valence electrons. The van der Waals surface area contributed by atoms with Crippen molar-refractivity contribution in [2.75, 3.05) is 24.2 Å². The number of hydrogen-bond donors (Lipinski definition) is 2. The molecule has 3 N–H and O–H groups in total. The van der Waals surface area contributed by atoms with Gasteiger partial charge in [-0.2, -0.15) is 0 Å². The minimum Gasteiger partial charge on any atom is -0.447 e. The van der Waals surface area contributed by atoms with E-state index >= 15 is 0 Å². The Balaban J connectivity index is 1.69. The highest BCUT2D eigenvalue weighted by Gasteiger charge is 2.36. The summed E-state index contributed by atoms with van der Waals surface area (Å²) in [5.74, 6) is -0.0689. The van der Waals surface area contributed by atoms with Crippen molar-refractivity contribution in [1.82, 2.24) is 9.88 Å². The van der Waals surface area contributed by atoms with Gasteiger partial charge in [-0.15, -0.1) is 0 Å².